The molecule has 0 spiro atoms. The number of aromatic amines is 1. The number of carbonyl (C=O) groups is 1. The van der Waals surface area contributed by atoms with Gasteiger partial charge in [0.05, 0.1) is 0 Å². The minimum absolute atomic E-state index is 0.0360. The van der Waals surface area contributed by atoms with E-state index in [0.717, 1.165) is 6.42 Å². The van der Waals surface area contributed by atoms with E-state index in [1.165, 1.54) is 6.07 Å². The average molecular weight is 239 g/mol. The molecule has 6 nitrogen and oxygen atoms in total. The highest BCUT2D eigenvalue weighted by Gasteiger charge is 2.11. The van der Waals surface area contributed by atoms with Crippen molar-refractivity contribution < 1.29 is 9.90 Å². The smallest absolute Gasteiger partial charge is 0.303 e. The van der Waals surface area contributed by atoms with Gasteiger partial charge in [-0.3, -0.25) is 9.59 Å². The third-order valence-corrected chi connectivity index (χ3v) is 2.47. The maximum Gasteiger partial charge on any atom is 0.303 e. The molecule has 1 aromatic rings. The van der Waals surface area contributed by atoms with Gasteiger partial charge >= 0.3 is 5.97 Å². The van der Waals surface area contributed by atoms with Crippen molar-refractivity contribution in [3.05, 3.63) is 22.2 Å². The Morgan fingerprint density at radius 3 is 2.88 bits per heavy atom. The van der Waals surface area contributed by atoms with Gasteiger partial charge in [-0.15, -0.1) is 0 Å². The zero-order chi connectivity index (χ0) is 12.8. The Kier molecular flexibility index (Phi) is 4.68. The van der Waals surface area contributed by atoms with Crippen LogP contribution in [0.15, 0.2) is 10.9 Å². The number of aromatic nitrogens is 2. The minimum Gasteiger partial charge on any atom is -0.481 e. The summed E-state index contributed by atoms with van der Waals surface area (Å²) in [5.74, 6) is 0.240. The van der Waals surface area contributed by atoms with Crippen LogP contribution in [0.2, 0.25) is 0 Å². The maximum atomic E-state index is 11.2. The van der Waals surface area contributed by atoms with Crippen LogP contribution in [0.25, 0.3) is 0 Å². The van der Waals surface area contributed by atoms with E-state index in [1.807, 2.05) is 6.92 Å². The SMILES string of the molecule is CCC(CNc1cc(=O)[nH]c(C)n1)CC(=O)O. The van der Waals surface area contributed by atoms with Crippen molar-refractivity contribution in [2.45, 2.75) is 26.7 Å². The topological polar surface area (TPSA) is 95.1 Å². The van der Waals surface area contributed by atoms with Crippen molar-refractivity contribution in [1.82, 2.24) is 9.97 Å². The number of hydrogen-bond acceptors (Lipinski definition) is 4. The van der Waals surface area contributed by atoms with Crippen molar-refractivity contribution in [2.75, 3.05) is 11.9 Å². The van der Waals surface area contributed by atoms with Crippen molar-refractivity contribution in [2.24, 2.45) is 5.92 Å². The van der Waals surface area contributed by atoms with Crippen LogP contribution < -0.4 is 10.9 Å². The Morgan fingerprint density at radius 2 is 2.35 bits per heavy atom. The summed E-state index contributed by atoms with van der Waals surface area (Å²) in [6.45, 7) is 4.13. The summed E-state index contributed by atoms with van der Waals surface area (Å²) in [6.07, 6.45) is 0.882. The van der Waals surface area contributed by atoms with Gasteiger partial charge in [-0.05, 0) is 12.8 Å². The molecular formula is C11H17N3O3. The van der Waals surface area contributed by atoms with E-state index in [4.69, 9.17) is 5.11 Å². The standard InChI is InChI=1S/C11H17N3O3/c1-3-8(4-11(16)17)6-12-9-5-10(15)14-7(2)13-9/h5,8H,3-4,6H2,1-2H3,(H,16,17)(H2,12,13,14,15). The highest BCUT2D eigenvalue weighted by molar-refractivity contribution is 5.67. The van der Waals surface area contributed by atoms with E-state index in [-0.39, 0.29) is 17.9 Å². The Labute approximate surface area is 99.1 Å². The summed E-state index contributed by atoms with van der Waals surface area (Å²) >= 11 is 0. The molecule has 0 aliphatic rings. The molecule has 1 atom stereocenters. The number of carboxylic acids is 1. The van der Waals surface area contributed by atoms with Crippen LogP contribution in [0.4, 0.5) is 5.82 Å². The fourth-order valence-electron chi connectivity index (χ4n) is 1.53. The first-order chi connectivity index (χ1) is 8.01. The molecule has 1 aromatic heterocycles. The highest BCUT2D eigenvalue weighted by Crippen LogP contribution is 2.09. The number of anilines is 1. The molecule has 1 unspecified atom stereocenters. The molecular weight excluding hydrogens is 222 g/mol. The first-order valence-electron chi connectivity index (χ1n) is 5.55. The molecule has 0 aliphatic carbocycles. The molecule has 0 bridgehead atoms. The Morgan fingerprint density at radius 1 is 1.65 bits per heavy atom. The van der Waals surface area contributed by atoms with Gasteiger partial charge in [-0.1, -0.05) is 13.3 Å². The van der Waals surface area contributed by atoms with E-state index in [9.17, 15) is 9.59 Å². The molecule has 17 heavy (non-hydrogen) atoms. The zero-order valence-electron chi connectivity index (χ0n) is 9.99. The van der Waals surface area contributed by atoms with Gasteiger partial charge in [0.1, 0.15) is 11.6 Å². The van der Waals surface area contributed by atoms with Crippen LogP contribution in [-0.4, -0.2) is 27.6 Å². The predicted octanol–water partition coefficient (Wildman–Crippen LogP) is 0.991. The molecule has 94 valence electrons. The number of carboxylic acid groups (broad SMARTS) is 1. The monoisotopic (exact) mass is 239 g/mol. The number of aryl methyl sites for hydroxylation is 1. The lowest BCUT2D eigenvalue weighted by molar-refractivity contribution is -0.138. The van der Waals surface area contributed by atoms with E-state index in [2.05, 4.69) is 15.3 Å². The second kappa shape index (κ2) is 6.03. The van der Waals surface area contributed by atoms with Gasteiger partial charge in [-0.25, -0.2) is 4.98 Å². The Balaban J connectivity index is 2.59. The summed E-state index contributed by atoms with van der Waals surface area (Å²) in [4.78, 5) is 28.4. The molecule has 0 aromatic carbocycles. The largest absolute Gasteiger partial charge is 0.481 e. The van der Waals surface area contributed by atoms with E-state index < -0.39 is 5.97 Å². The number of aliphatic carboxylic acids is 1. The molecule has 0 saturated heterocycles. The molecule has 1 heterocycles. The summed E-state index contributed by atoms with van der Waals surface area (Å²) in [6, 6.07) is 1.36. The summed E-state index contributed by atoms with van der Waals surface area (Å²) < 4.78 is 0. The van der Waals surface area contributed by atoms with Crippen molar-refractivity contribution in [1.29, 1.82) is 0 Å². The van der Waals surface area contributed by atoms with Gasteiger partial charge in [-0.2, -0.15) is 0 Å². The zero-order valence-corrected chi connectivity index (χ0v) is 9.99. The van der Waals surface area contributed by atoms with Crippen LogP contribution in [0.1, 0.15) is 25.6 Å². The molecule has 6 heteroatoms. The number of rotatable bonds is 6. The van der Waals surface area contributed by atoms with Crippen LogP contribution in [-0.2, 0) is 4.79 Å². The molecule has 0 radical (unpaired) electrons. The van der Waals surface area contributed by atoms with Gasteiger partial charge in [0.2, 0.25) is 0 Å². The molecule has 0 fully saturated rings. The van der Waals surface area contributed by atoms with Gasteiger partial charge in [0.15, 0.2) is 0 Å². The van der Waals surface area contributed by atoms with E-state index >= 15 is 0 Å². The molecule has 1 rings (SSSR count). The number of H-pyrrole nitrogens is 1. The number of nitrogens with zero attached hydrogens (tertiary/aromatic N) is 1. The molecule has 0 amide bonds. The molecule has 0 saturated carbocycles. The maximum absolute atomic E-state index is 11.2. The quantitative estimate of drug-likeness (QED) is 0.688. The van der Waals surface area contributed by atoms with Crippen LogP contribution in [0, 0.1) is 12.8 Å². The lowest BCUT2D eigenvalue weighted by Gasteiger charge is -2.13. The first kappa shape index (κ1) is 13.2. The third-order valence-electron chi connectivity index (χ3n) is 2.47. The third kappa shape index (κ3) is 4.67. The number of hydrogen-bond donors (Lipinski definition) is 3. The van der Waals surface area contributed by atoms with Gasteiger partial charge in [0, 0.05) is 19.0 Å². The molecule has 0 aliphatic heterocycles. The van der Waals surface area contributed by atoms with Gasteiger partial charge < -0.3 is 15.4 Å². The van der Waals surface area contributed by atoms with E-state index in [1.54, 1.807) is 6.92 Å². The number of nitrogens with one attached hydrogen (secondary N) is 2. The van der Waals surface area contributed by atoms with Crippen LogP contribution >= 0.6 is 0 Å². The summed E-state index contributed by atoms with van der Waals surface area (Å²) in [5.41, 5.74) is -0.216. The van der Waals surface area contributed by atoms with Crippen LogP contribution in [0.5, 0.6) is 0 Å². The lowest BCUT2D eigenvalue weighted by Crippen LogP contribution is -2.19. The fourth-order valence-corrected chi connectivity index (χ4v) is 1.53. The average Bonchev–Trinajstić information content (AvgIpc) is 2.22. The first-order valence-corrected chi connectivity index (χ1v) is 5.55. The predicted molar refractivity (Wildman–Crippen MR) is 64.1 cm³/mol. The van der Waals surface area contributed by atoms with Crippen molar-refractivity contribution in [3.63, 3.8) is 0 Å². The van der Waals surface area contributed by atoms with Crippen LogP contribution in [0.3, 0.4) is 0 Å². The fraction of sp³-hybridized carbons (Fsp3) is 0.545. The molecule has 3 N–H and O–H groups in total. The normalized spacial score (nSPS) is 12.1. The van der Waals surface area contributed by atoms with Gasteiger partial charge in [0.25, 0.3) is 5.56 Å². The second-order valence-corrected chi connectivity index (χ2v) is 3.97. The summed E-state index contributed by atoms with van der Waals surface area (Å²) in [5, 5.41) is 11.7. The lowest BCUT2D eigenvalue weighted by atomic mass is 10.0. The highest BCUT2D eigenvalue weighted by atomic mass is 16.4. The Bertz CT molecular complexity index is 442. The summed E-state index contributed by atoms with van der Waals surface area (Å²) in [7, 11) is 0. The Hall–Kier alpha value is -1.85. The van der Waals surface area contributed by atoms with Crippen molar-refractivity contribution in [3.8, 4) is 0 Å². The van der Waals surface area contributed by atoms with Crippen molar-refractivity contribution >= 4 is 11.8 Å². The second-order valence-electron chi connectivity index (χ2n) is 3.97. The minimum atomic E-state index is -0.811. The van der Waals surface area contributed by atoms with E-state index in [0.29, 0.717) is 18.2 Å².